The summed E-state index contributed by atoms with van der Waals surface area (Å²) in [7, 11) is 0. The van der Waals surface area contributed by atoms with Crippen LogP contribution in [0, 0.1) is 0 Å². The van der Waals surface area contributed by atoms with Crippen molar-refractivity contribution in [2.75, 3.05) is 0 Å². The van der Waals surface area contributed by atoms with Gasteiger partial charge in [-0.15, -0.1) is 5.10 Å². The number of hydrazine groups is 1. The average molecular weight is 249 g/mol. The summed E-state index contributed by atoms with van der Waals surface area (Å²) < 4.78 is 1.56. The SMILES string of the molecule is NC(=S)NNC(c1ccccc1)n1cnnn1. The molecule has 0 fully saturated rings. The second-order valence-corrected chi connectivity index (χ2v) is 3.68. The largest absolute Gasteiger partial charge is 0.375 e. The van der Waals surface area contributed by atoms with E-state index in [9.17, 15) is 0 Å². The number of hydrogen-bond donors (Lipinski definition) is 3. The van der Waals surface area contributed by atoms with Crippen molar-refractivity contribution in [3.8, 4) is 0 Å². The Hall–Kier alpha value is -2.06. The summed E-state index contributed by atoms with van der Waals surface area (Å²) in [6.45, 7) is 0. The molecule has 0 aliphatic carbocycles. The van der Waals surface area contributed by atoms with E-state index in [0.29, 0.717) is 0 Å². The quantitative estimate of drug-likeness (QED) is 0.499. The molecule has 0 saturated heterocycles. The fourth-order valence-corrected chi connectivity index (χ4v) is 1.42. The smallest absolute Gasteiger partial charge is 0.178 e. The van der Waals surface area contributed by atoms with Gasteiger partial charge in [0.25, 0.3) is 0 Å². The number of hydrogen-bond acceptors (Lipinski definition) is 5. The molecule has 0 aliphatic heterocycles. The molecule has 17 heavy (non-hydrogen) atoms. The van der Waals surface area contributed by atoms with Gasteiger partial charge in [0, 0.05) is 0 Å². The molecule has 88 valence electrons. The molecule has 1 aromatic heterocycles. The summed E-state index contributed by atoms with van der Waals surface area (Å²) in [5.74, 6) is 0. The zero-order valence-corrected chi connectivity index (χ0v) is 9.63. The van der Waals surface area contributed by atoms with Crippen molar-refractivity contribution >= 4 is 17.3 Å². The van der Waals surface area contributed by atoms with Gasteiger partial charge in [0.2, 0.25) is 0 Å². The minimum atomic E-state index is -0.285. The maximum absolute atomic E-state index is 5.37. The average Bonchev–Trinajstić information content (AvgIpc) is 2.84. The maximum Gasteiger partial charge on any atom is 0.178 e. The van der Waals surface area contributed by atoms with Crippen molar-refractivity contribution in [3.63, 3.8) is 0 Å². The van der Waals surface area contributed by atoms with Gasteiger partial charge in [-0.2, -0.15) is 0 Å². The van der Waals surface area contributed by atoms with Crippen LogP contribution in [0.5, 0.6) is 0 Å². The first kappa shape index (κ1) is 11.4. The lowest BCUT2D eigenvalue weighted by Crippen LogP contribution is -2.45. The van der Waals surface area contributed by atoms with E-state index in [-0.39, 0.29) is 11.3 Å². The fraction of sp³-hybridized carbons (Fsp3) is 0.111. The molecule has 4 N–H and O–H groups in total. The minimum Gasteiger partial charge on any atom is -0.375 e. The highest BCUT2D eigenvalue weighted by Crippen LogP contribution is 2.12. The van der Waals surface area contributed by atoms with Gasteiger partial charge in [0.15, 0.2) is 5.11 Å². The second-order valence-electron chi connectivity index (χ2n) is 3.24. The minimum absolute atomic E-state index is 0.152. The third kappa shape index (κ3) is 2.95. The molecule has 0 spiro atoms. The molecule has 0 saturated carbocycles. The summed E-state index contributed by atoms with van der Waals surface area (Å²) in [4.78, 5) is 0. The summed E-state index contributed by atoms with van der Waals surface area (Å²) in [5, 5.41) is 11.2. The van der Waals surface area contributed by atoms with Crippen LogP contribution in [0.25, 0.3) is 0 Å². The van der Waals surface area contributed by atoms with Gasteiger partial charge in [-0.25, -0.2) is 10.1 Å². The Kier molecular flexibility index (Phi) is 3.58. The molecule has 7 nitrogen and oxygen atoms in total. The van der Waals surface area contributed by atoms with Gasteiger partial charge in [0.05, 0.1) is 0 Å². The lowest BCUT2D eigenvalue weighted by atomic mass is 10.2. The molecule has 2 aromatic rings. The van der Waals surface area contributed by atoms with E-state index < -0.39 is 0 Å². The normalized spacial score (nSPS) is 12.0. The number of thiocarbonyl (C=S) groups is 1. The van der Waals surface area contributed by atoms with Gasteiger partial charge in [0.1, 0.15) is 12.5 Å². The van der Waals surface area contributed by atoms with Crippen molar-refractivity contribution in [1.82, 2.24) is 31.1 Å². The molecule has 0 amide bonds. The van der Waals surface area contributed by atoms with Crippen LogP contribution in [-0.4, -0.2) is 25.3 Å². The second kappa shape index (κ2) is 5.32. The van der Waals surface area contributed by atoms with Crippen LogP contribution in [0.15, 0.2) is 36.7 Å². The van der Waals surface area contributed by atoms with E-state index in [1.807, 2.05) is 30.3 Å². The van der Waals surface area contributed by atoms with Crippen molar-refractivity contribution in [3.05, 3.63) is 42.2 Å². The van der Waals surface area contributed by atoms with Gasteiger partial charge in [-0.1, -0.05) is 30.3 Å². The lowest BCUT2D eigenvalue weighted by Gasteiger charge is -2.18. The first-order valence-corrected chi connectivity index (χ1v) is 5.26. The predicted molar refractivity (Wildman–Crippen MR) is 65.5 cm³/mol. The molecule has 1 atom stereocenters. The highest BCUT2D eigenvalue weighted by atomic mass is 32.1. The molecule has 1 heterocycles. The summed E-state index contributed by atoms with van der Waals surface area (Å²) in [6.07, 6.45) is 1.22. The van der Waals surface area contributed by atoms with Crippen molar-refractivity contribution < 1.29 is 0 Å². The maximum atomic E-state index is 5.37. The highest BCUT2D eigenvalue weighted by molar-refractivity contribution is 7.80. The zero-order chi connectivity index (χ0) is 12.1. The molecule has 0 aliphatic rings. The lowest BCUT2D eigenvalue weighted by molar-refractivity contribution is 0.402. The highest BCUT2D eigenvalue weighted by Gasteiger charge is 2.13. The van der Waals surface area contributed by atoms with Gasteiger partial charge >= 0.3 is 0 Å². The van der Waals surface area contributed by atoms with Crippen LogP contribution in [0.3, 0.4) is 0 Å². The van der Waals surface area contributed by atoms with Crippen molar-refractivity contribution in [2.24, 2.45) is 5.73 Å². The Morgan fingerprint density at radius 3 is 2.71 bits per heavy atom. The van der Waals surface area contributed by atoms with Crippen LogP contribution in [0.2, 0.25) is 0 Å². The molecular formula is C9H11N7S. The van der Waals surface area contributed by atoms with Crippen molar-refractivity contribution in [1.29, 1.82) is 0 Å². The Morgan fingerprint density at radius 1 is 1.35 bits per heavy atom. The number of nitrogens with two attached hydrogens (primary N) is 1. The van der Waals surface area contributed by atoms with Crippen LogP contribution in [-0.2, 0) is 0 Å². The molecule has 8 heteroatoms. The van der Waals surface area contributed by atoms with Crippen LogP contribution in [0.1, 0.15) is 11.7 Å². The van der Waals surface area contributed by atoms with Crippen LogP contribution < -0.4 is 16.6 Å². The zero-order valence-electron chi connectivity index (χ0n) is 8.82. The molecule has 1 unspecified atom stereocenters. The Balaban J connectivity index is 2.22. The monoisotopic (exact) mass is 249 g/mol. The molecule has 0 radical (unpaired) electrons. The molecular weight excluding hydrogens is 238 g/mol. The van der Waals surface area contributed by atoms with Crippen molar-refractivity contribution in [2.45, 2.75) is 6.17 Å². The van der Waals surface area contributed by atoms with E-state index in [0.717, 1.165) is 5.56 Å². The standard InChI is InChI=1S/C9H11N7S/c10-9(17)13-12-8(16-6-11-14-15-16)7-4-2-1-3-5-7/h1-6,8,12H,(H3,10,13,17). The molecule has 1 aromatic carbocycles. The number of aromatic nitrogens is 4. The Morgan fingerprint density at radius 2 is 2.12 bits per heavy atom. The van der Waals surface area contributed by atoms with Gasteiger partial charge in [-0.05, 0) is 28.2 Å². The van der Waals surface area contributed by atoms with E-state index in [2.05, 4.69) is 26.4 Å². The summed E-state index contributed by atoms with van der Waals surface area (Å²) in [6, 6.07) is 9.67. The first-order valence-electron chi connectivity index (χ1n) is 4.86. The summed E-state index contributed by atoms with van der Waals surface area (Å²) in [5.41, 5.74) is 12.0. The van der Waals surface area contributed by atoms with Gasteiger partial charge < -0.3 is 5.73 Å². The molecule has 2 rings (SSSR count). The molecule has 0 bridgehead atoms. The van der Waals surface area contributed by atoms with Gasteiger partial charge in [-0.3, -0.25) is 5.43 Å². The van der Waals surface area contributed by atoms with Crippen LogP contribution in [0.4, 0.5) is 0 Å². The Bertz CT molecular complexity index is 469. The number of nitrogens with one attached hydrogen (secondary N) is 2. The predicted octanol–water partition coefficient (Wildman–Crippen LogP) is -0.442. The van der Waals surface area contributed by atoms with E-state index in [4.69, 9.17) is 18.0 Å². The van der Waals surface area contributed by atoms with E-state index >= 15 is 0 Å². The first-order chi connectivity index (χ1) is 8.27. The Labute approximate surface area is 103 Å². The third-order valence-electron chi connectivity index (χ3n) is 2.08. The number of rotatable bonds is 4. The third-order valence-corrected chi connectivity index (χ3v) is 2.18. The fourth-order valence-electron chi connectivity index (χ4n) is 1.36. The number of nitrogens with zero attached hydrogens (tertiary/aromatic N) is 4. The van der Waals surface area contributed by atoms with E-state index in [1.165, 1.54) is 6.33 Å². The number of benzene rings is 1. The number of tetrazole rings is 1. The topological polar surface area (TPSA) is 93.7 Å². The summed E-state index contributed by atoms with van der Waals surface area (Å²) >= 11 is 4.74. The van der Waals surface area contributed by atoms with E-state index in [1.54, 1.807) is 4.68 Å². The van der Waals surface area contributed by atoms with Crippen LogP contribution >= 0.6 is 12.2 Å².